The second-order valence-electron chi connectivity index (χ2n) is 9.04. The molecule has 0 N–H and O–H groups in total. The Balaban J connectivity index is 1.34. The number of benzene rings is 2. The molecule has 192 valence electrons. The highest BCUT2D eigenvalue weighted by molar-refractivity contribution is 7.09. The molecular weight excluding hydrogens is 494 g/mol. The van der Waals surface area contributed by atoms with Gasteiger partial charge in [0.2, 0.25) is 11.0 Å². The molecule has 7 nitrogen and oxygen atoms in total. The van der Waals surface area contributed by atoms with E-state index in [-0.39, 0.29) is 11.9 Å². The van der Waals surface area contributed by atoms with Gasteiger partial charge < -0.3 is 19.4 Å². The zero-order valence-corrected chi connectivity index (χ0v) is 22.8. The minimum Gasteiger partial charge on any atom is -0.497 e. The molecular formula is C27H34ClN5O2S. The molecule has 0 spiro atoms. The number of rotatable bonds is 10. The van der Waals surface area contributed by atoms with Crippen LogP contribution in [0, 0.1) is 0 Å². The Bertz CT molecular complexity index is 1150. The summed E-state index contributed by atoms with van der Waals surface area (Å²) in [5, 5.41) is 1.63. The van der Waals surface area contributed by atoms with E-state index >= 15 is 0 Å². The molecule has 9 heteroatoms. The Morgan fingerprint density at radius 2 is 1.94 bits per heavy atom. The van der Waals surface area contributed by atoms with Crippen LogP contribution in [0.25, 0.3) is 0 Å². The van der Waals surface area contributed by atoms with Crippen molar-refractivity contribution in [3.8, 4) is 5.75 Å². The molecule has 1 fully saturated rings. The molecule has 0 unspecified atom stereocenters. The Kier molecular flexibility index (Phi) is 9.04. The third-order valence-corrected chi connectivity index (χ3v) is 7.83. The number of nitrogens with zero attached hydrogens (tertiary/aromatic N) is 5. The van der Waals surface area contributed by atoms with Crippen LogP contribution in [-0.4, -0.2) is 66.0 Å². The first-order valence-corrected chi connectivity index (χ1v) is 13.6. The Hall–Kier alpha value is -2.84. The second-order valence-corrected chi connectivity index (χ2v) is 10.2. The Morgan fingerprint density at radius 1 is 1.17 bits per heavy atom. The van der Waals surface area contributed by atoms with Crippen LogP contribution in [0.15, 0.2) is 48.5 Å². The number of hydrogen-bond donors (Lipinski definition) is 0. The third kappa shape index (κ3) is 6.48. The summed E-state index contributed by atoms with van der Waals surface area (Å²) in [6, 6.07) is 16.1. The first-order chi connectivity index (χ1) is 17.5. The smallest absolute Gasteiger partial charge is 0.224 e. The van der Waals surface area contributed by atoms with E-state index in [0.29, 0.717) is 32.5 Å². The molecule has 4 rings (SSSR count). The molecule has 2 aromatic carbocycles. The highest BCUT2D eigenvalue weighted by Gasteiger charge is 2.24. The third-order valence-electron chi connectivity index (χ3n) is 6.71. The number of carbonyl (C=O) groups is 1. The normalized spacial score (nSPS) is 14.6. The minimum atomic E-state index is 0.184. The maximum absolute atomic E-state index is 13.1. The van der Waals surface area contributed by atoms with E-state index in [2.05, 4.69) is 34.1 Å². The van der Waals surface area contributed by atoms with Crippen molar-refractivity contribution >= 4 is 39.9 Å². The monoisotopic (exact) mass is 527 g/mol. The lowest BCUT2D eigenvalue weighted by Gasteiger charge is -2.37. The van der Waals surface area contributed by atoms with Crippen LogP contribution in [0.1, 0.15) is 38.1 Å². The summed E-state index contributed by atoms with van der Waals surface area (Å²) >= 11 is 7.77. The van der Waals surface area contributed by atoms with Crippen LogP contribution in [0.3, 0.4) is 0 Å². The van der Waals surface area contributed by atoms with Gasteiger partial charge in [-0.15, -0.1) is 0 Å². The van der Waals surface area contributed by atoms with Gasteiger partial charge in [-0.2, -0.15) is 4.37 Å². The molecule has 1 aliphatic rings. The number of ether oxygens (including phenoxy) is 1. The van der Waals surface area contributed by atoms with Gasteiger partial charge in [0.15, 0.2) is 0 Å². The number of aromatic nitrogens is 2. The lowest BCUT2D eigenvalue weighted by atomic mass is 10.1. The molecule has 3 aromatic rings. The average molecular weight is 528 g/mol. The minimum absolute atomic E-state index is 0.184. The Labute approximate surface area is 222 Å². The van der Waals surface area contributed by atoms with E-state index in [4.69, 9.17) is 21.3 Å². The van der Waals surface area contributed by atoms with E-state index in [9.17, 15) is 4.79 Å². The molecule has 0 radical (unpaired) electrons. The van der Waals surface area contributed by atoms with Gasteiger partial charge in [-0.3, -0.25) is 4.79 Å². The van der Waals surface area contributed by atoms with Crippen LogP contribution in [0.5, 0.6) is 5.75 Å². The topological polar surface area (TPSA) is 61.8 Å². The average Bonchev–Trinajstić information content (AvgIpc) is 3.36. The molecule has 0 saturated carbocycles. The van der Waals surface area contributed by atoms with Crippen molar-refractivity contribution in [2.45, 2.75) is 39.2 Å². The molecule has 1 aromatic heterocycles. The van der Waals surface area contributed by atoms with E-state index in [0.717, 1.165) is 52.5 Å². The van der Waals surface area contributed by atoms with Gasteiger partial charge >= 0.3 is 0 Å². The highest BCUT2D eigenvalue weighted by atomic mass is 35.5. The largest absolute Gasteiger partial charge is 0.497 e. The number of halogens is 1. The van der Waals surface area contributed by atoms with Crippen molar-refractivity contribution in [1.82, 2.24) is 14.3 Å². The fourth-order valence-corrected chi connectivity index (χ4v) is 5.47. The fourth-order valence-electron chi connectivity index (χ4n) is 4.40. The lowest BCUT2D eigenvalue weighted by molar-refractivity contribution is -0.131. The van der Waals surface area contributed by atoms with Crippen LogP contribution < -0.4 is 14.5 Å². The van der Waals surface area contributed by atoms with E-state index in [1.165, 1.54) is 11.5 Å². The number of para-hydroxylation sites is 1. The number of anilines is 2. The van der Waals surface area contributed by atoms with Crippen molar-refractivity contribution in [2.24, 2.45) is 0 Å². The zero-order chi connectivity index (χ0) is 25.5. The van der Waals surface area contributed by atoms with Gasteiger partial charge in [0, 0.05) is 63.1 Å². The molecule has 36 heavy (non-hydrogen) atoms. The SMILES string of the molecule is CC[C@@H](C)N(CCC(=O)N1CCN(c2ccccc2Cl)CC1)c1nc(Cc2cccc(OC)c2)ns1. The van der Waals surface area contributed by atoms with Gasteiger partial charge in [0.25, 0.3) is 0 Å². The zero-order valence-electron chi connectivity index (χ0n) is 21.2. The van der Waals surface area contributed by atoms with Gasteiger partial charge in [0.05, 0.1) is 17.8 Å². The lowest BCUT2D eigenvalue weighted by Crippen LogP contribution is -2.49. The second kappa shape index (κ2) is 12.4. The summed E-state index contributed by atoms with van der Waals surface area (Å²) in [4.78, 5) is 24.3. The van der Waals surface area contributed by atoms with Crippen molar-refractivity contribution in [3.63, 3.8) is 0 Å². The Morgan fingerprint density at radius 3 is 2.67 bits per heavy atom. The van der Waals surface area contributed by atoms with Gasteiger partial charge in [-0.25, -0.2) is 4.98 Å². The molecule has 0 bridgehead atoms. The fraction of sp³-hybridized carbons (Fsp3) is 0.444. The van der Waals surface area contributed by atoms with E-state index in [1.807, 2.05) is 47.4 Å². The molecule has 2 heterocycles. The molecule has 1 amide bonds. The maximum Gasteiger partial charge on any atom is 0.224 e. The van der Waals surface area contributed by atoms with Crippen molar-refractivity contribution in [2.75, 3.05) is 49.6 Å². The molecule has 1 atom stereocenters. The van der Waals surface area contributed by atoms with Gasteiger partial charge in [-0.05, 0) is 43.2 Å². The number of methoxy groups -OCH3 is 1. The standard InChI is InChI=1S/C27H34ClN5O2S/c1-4-20(2)33(27-29-25(30-36-27)19-21-8-7-9-22(18-21)35-3)13-12-26(34)32-16-14-31(15-17-32)24-11-6-5-10-23(24)28/h5-11,18,20H,4,12-17,19H2,1-3H3/t20-/m1/s1. The number of carbonyl (C=O) groups excluding carboxylic acids is 1. The maximum atomic E-state index is 13.1. The summed E-state index contributed by atoms with van der Waals surface area (Å²) in [7, 11) is 1.67. The summed E-state index contributed by atoms with van der Waals surface area (Å²) in [6.07, 6.45) is 2.08. The van der Waals surface area contributed by atoms with Crippen LogP contribution in [0.4, 0.5) is 10.8 Å². The number of hydrogen-bond acceptors (Lipinski definition) is 7. The quantitative estimate of drug-likeness (QED) is 0.364. The van der Waals surface area contributed by atoms with Crippen molar-refractivity contribution in [3.05, 3.63) is 64.9 Å². The van der Waals surface area contributed by atoms with E-state index < -0.39 is 0 Å². The first kappa shape index (κ1) is 26.2. The van der Waals surface area contributed by atoms with Crippen molar-refractivity contribution in [1.29, 1.82) is 0 Å². The van der Waals surface area contributed by atoms with Crippen LogP contribution >= 0.6 is 23.1 Å². The van der Waals surface area contributed by atoms with Gasteiger partial charge in [0.1, 0.15) is 11.6 Å². The highest BCUT2D eigenvalue weighted by Crippen LogP contribution is 2.27. The molecule has 0 aliphatic carbocycles. The molecule has 1 aliphatic heterocycles. The first-order valence-electron chi connectivity index (χ1n) is 12.5. The summed E-state index contributed by atoms with van der Waals surface area (Å²) in [5.74, 6) is 1.80. The van der Waals surface area contributed by atoms with Crippen molar-refractivity contribution < 1.29 is 9.53 Å². The van der Waals surface area contributed by atoms with Crippen LogP contribution in [0.2, 0.25) is 5.02 Å². The molecule has 1 saturated heterocycles. The predicted octanol–water partition coefficient (Wildman–Crippen LogP) is 5.13. The van der Waals surface area contributed by atoms with Crippen LogP contribution in [-0.2, 0) is 11.2 Å². The summed E-state index contributed by atoms with van der Waals surface area (Å²) in [5.41, 5.74) is 2.15. The number of piperazine rings is 1. The number of amides is 1. The summed E-state index contributed by atoms with van der Waals surface area (Å²) in [6.45, 7) is 7.95. The van der Waals surface area contributed by atoms with Gasteiger partial charge in [-0.1, -0.05) is 42.8 Å². The summed E-state index contributed by atoms with van der Waals surface area (Å²) < 4.78 is 9.93. The van der Waals surface area contributed by atoms with E-state index in [1.54, 1.807) is 7.11 Å². The predicted molar refractivity (Wildman–Crippen MR) is 148 cm³/mol.